The number of benzene rings is 1. The summed E-state index contributed by atoms with van der Waals surface area (Å²) >= 11 is 2.09. The zero-order valence-electron chi connectivity index (χ0n) is 10.2. The summed E-state index contributed by atoms with van der Waals surface area (Å²) in [4.78, 5) is 0. The molecule has 1 aliphatic heterocycles. The SMILES string of the molecule is Cc1cccc(CCNC2CSC(C)C2)c1. The maximum atomic E-state index is 3.66. The lowest BCUT2D eigenvalue weighted by molar-refractivity contribution is 0.541. The van der Waals surface area contributed by atoms with Crippen molar-refractivity contribution in [3.8, 4) is 0 Å². The van der Waals surface area contributed by atoms with Crippen molar-refractivity contribution in [1.82, 2.24) is 5.32 Å². The monoisotopic (exact) mass is 235 g/mol. The first-order chi connectivity index (χ1) is 7.74. The van der Waals surface area contributed by atoms with Crippen molar-refractivity contribution in [2.24, 2.45) is 0 Å². The molecule has 0 spiro atoms. The molecular weight excluding hydrogens is 214 g/mol. The van der Waals surface area contributed by atoms with Gasteiger partial charge in [0.25, 0.3) is 0 Å². The van der Waals surface area contributed by atoms with Gasteiger partial charge >= 0.3 is 0 Å². The number of hydrogen-bond acceptors (Lipinski definition) is 2. The van der Waals surface area contributed by atoms with E-state index in [0.29, 0.717) is 0 Å². The van der Waals surface area contributed by atoms with Crippen molar-refractivity contribution in [3.63, 3.8) is 0 Å². The largest absolute Gasteiger partial charge is 0.313 e. The Labute approximate surface area is 103 Å². The van der Waals surface area contributed by atoms with Gasteiger partial charge in [0.1, 0.15) is 0 Å². The van der Waals surface area contributed by atoms with E-state index in [0.717, 1.165) is 24.3 Å². The highest BCUT2D eigenvalue weighted by Gasteiger charge is 2.20. The fourth-order valence-electron chi connectivity index (χ4n) is 2.25. The van der Waals surface area contributed by atoms with Crippen LogP contribution in [0.3, 0.4) is 0 Å². The van der Waals surface area contributed by atoms with E-state index >= 15 is 0 Å². The first kappa shape index (κ1) is 12.0. The second kappa shape index (κ2) is 5.74. The van der Waals surface area contributed by atoms with Crippen LogP contribution in [0.1, 0.15) is 24.5 Å². The van der Waals surface area contributed by atoms with Gasteiger partial charge in [0, 0.05) is 17.0 Å². The van der Waals surface area contributed by atoms with Crippen LogP contribution in [0.15, 0.2) is 24.3 Å². The van der Waals surface area contributed by atoms with E-state index in [1.54, 1.807) is 0 Å². The van der Waals surface area contributed by atoms with E-state index in [2.05, 4.69) is 55.2 Å². The highest BCUT2D eigenvalue weighted by Crippen LogP contribution is 2.25. The lowest BCUT2D eigenvalue weighted by atomic mass is 10.1. The molecule has 1 aromatic rings. The molecule has 0 radical (unpaired) electrons. The van der Waals surface area contributed by atoms with Gasteiger partial charge in [-0.15, -0.1) is 0 Å². The summed E-state index contributed by atoms with van der Waals surface area (Å²) in [5, 5.41) is 4.50. The van der Waals surface area contributed by atoms with Gasteiger partial charge in [-0.2, -0.15) is 11.8 Å². The molecule has 0 bridgehead atoms. The van der Waals surface area contributed by atoms with Crippen molar-refractivity contribution in [2.75, 3.05) is 12.3 Å². The van der Waals surface area contributed by atoms with Crippen molar-refractivity contribution in [1.29, 1.82) is 0 Å². The molecule has 0 aliphatic carbocycles. The van der Waals surface area contributed by atoms with E-state index in [9.17, 15) is 0 Å². The third-order valence-electron chi connectivity index (χ3n) is 3.13. The van der Waals surface area contributed by atoms with Gasteiger partial charge in [0.05, 0.1) is 0 Å². The average molecular weight is 235 g/mol. The molecule has 1 N–H and O–H groups in total. The summed E-state index contributed by atoms with van der Waals surface area (Å²) in [5.74, 6) is 1.29. The Morgan fingerprint density at radius 2 is 2.31 bits per heavy atom. The Bertz CT molecular complexity index is 337. The minimum absolute atomic E-state index is 0.741. The fourth-order valence-corrected chi connectivity index (χ4v) is 3.43. The highest BCUT2D eigenvalue weighted by molar-refractivity contribution is 8.00. The van der Waals surface area contributed by atoms with Crippen LogP contribution in [0.25, 0.3) is 0 Å². The second-order valence-corrected chi connectivity index (χ2v) is 6.24. The van der Waals surface area contributed by atoms with Crippen LogP contribution < -0.4 is 5.32 Å². The maximum absolute atomic E-state index is 3.66. The first-order valence-corrected chi connectivity index (χ1v) is 7.19. The Kier molecular flexibility index (Phi) is 4.30. The number of nitrogens with one attached hydrogen (secondary N) is 1. The van der Waals surface area contributed by atoms with Crippen LogP contribution in [-0.4, -0.2) is 23.6 Å². The number of hydrogen-bond donors (Lipinski definition) is 1. The van der Waals surface area contributed by atoms with Crippen LogP contribution in [0.4, 0.5) is 0 Å². The molecule has 1 saturated heterocycles. The average Bonchev–Trinajstić information content (AvgIpc) is 2.64. The standard InChI is InChI=1S/C14H21NS/c1-11-4-3-5-13(8-11)6-7-15-14-9-12(2)16-10-14/h3-5,8,12,14-15H,6-7,9-10H2,1-2H3. The van der Waals surface area contributed by atoms with Gasteiger partial charge in [-0.05, 0) is 31.9 Å². The summed E-state index contributed by atoms with van der Waals surface area (Å²) in [6.07, 6.45) is 2.48. The number of thioether (sulfide) groups is 1. The Morgan fingerprint density at radius 1 is 1.44 bits per heavy atom. The molecule has 0 saturated carbocycles. The minimum Gasteiger partial charge on any atom is -0.313 e. The molecule has 1 nitrogen and oxygen atoms in total. The molecule has 16 heavy (non-hydrogen) atoms. The van der Waals surface area contributed by atoms with Crippen molar-refractivity contribution in [2.45, 2.75) is 38.0 Å². The number of rotatable bonds is 4. The Morgan fingerprint density at radius 3 is 3.00 bits per heavy atom. The molecule has 1 aromatic carbocycles. The van der Waals surface area contributed by atoms with E-state index in [1.807, 2.05) is 0 Å². The predicted molar refractivity (Wildman–Crippen MR) is 73.2 cm³/mol. The van der Waals surface area contributed by atoms with E-state index in [1.165, 1.54) is 23.3 Å². The molecule has 1 fully saturated rings. The van der Waals surface area contributed by atoms with Gasteiger partial charge in [-0.1, -0.05) is 36.8 Å². The summed E-state index contributed by atoms with van der Waals surface area (Å²) < 4.78 is 0. The number of aryl methyl sites for hydroxylation is 1. The van der Waals surface area contributed by atoms with Gasteiger partial charge in [0.15, 0.2) is 0 Å². The first-order valence-electron chi connectivity index (χ1n) is 6.14. The topological polar surface area (TPSA) is 12.0 Å². The van der Waals surface area contributed by atoms with Crippen LogP contribution in [0.2, 0.25) is 0 Å². The lowest BCUT2D eigenvalue weighted by Crippen LogP contribution is -2.30. The molecule has 88 valence electrons. The Balaban J connectivity index is 1.72. The molecule has 1 heterocycles. The van der Waals surface area contributed by atoms with E-state index in [4.69, 9.17) is 0 Å². The van der Waals surface area contributed by atoms with Gasteiger partial charge in [0.2, 0.25) is 0 Å². The van der Waals surface area contributed by atoms with Crippen LogP contribution >= 0.6 is 11.8 Å². The molecule has 2 unspecified atom stereocenters. The maximum Gasteiger partial charge on any atom is 0.0168 e. The molecular formula is C14H21NS. The minimum atomic E-state index is 0.741. The van der Waals surface area contributed by atoms with Crippen molar-refractivity contribution in [3.05, 3.63) is 35.4 Å². The summed E-state index contributed by atoms with van der Waals surface area (Å²) in [7, 11) is 0. The third kappa shape index (κ3) is 3.53. The van der Waals surface area contributed by atoms with Gasteiger partial charge in [-0.3, -0.25) is 0 Å². The smallest absolute Gasteiger partial charge is 0.0168 e. The molecule has 0 amide bonds. The van der Waals surface area contributed by atoms with Crippen LogP contribution in [-0.2, 0) is 6.42 Å². The molecule has 2 atom stereocenters. The zero-order chi connectivity index (χ0) is 11.4. The lowest BCUT2D eigenvalue weighted by Gasteiger charge is -2.11. The fraction of sp³-hybridized carbons (Fsp3) is 0.571. The molecule has 2 rings (SSSR count). The van der Waals surface area contributed by atoms with E-state index in [-0.39, 0.29) is 0 Å². The third-order valence-corrected chi connectivity index (χ3v) is 4.48. The van der Waals surface area contributed by atoms with Gasteiger partial charge in [-0.25, -0.2) is 0 Å². The summed E-state index contributed by atoms with van der Waals surface area (Å²) in [6, 6.07) is 9.56. The van der Waals surface area contributed by atoms with Crippen LogP contribution in [0.5, 0.6) is 0 Å². The molecule has 2 heteroatoms. The van der Waals surface area contributed by atoms with Crippen molar-refractivity contribution >= 4 is 11.8 Å². The summed E-state index contributed by atoms with van der Waals surface area (Å²) in [5.41, 5.74) is 2.81. The van der Waals surface area contributed by atoms with Crippen molar-refractivity contribution < 1.29 is 0 Å². The predicted octanol–water partition coefficient (Wildman–Crippen LogP) is 3.02. The van der Waals surface area contributed by atoms with E-state index < -0.39 is 0 Å². The highest BCUT2D eigenvalue weighted by atomic mass is 32.2. The zero-order valence-corrected chi connectivity index (χ0v) is 11.0. The quantitative estimate of drug-likeness (QED) is 0.861. The second-order valence-electron chi connectivity index (χ2n) is 4.77. The molecule has 1 aliphatic rings. The Hall–Kier alpha value is -0.470. The molecule has 0 aromatic heterocycles. The summed E-state index contributed by atoms with van der Waals surface area (Å²) in [6.45, 7) is 5.60. The normalized spacial score (nSPS) is 24.9. The van der Waals surface area contributed by atoms with Crippen LogP contribution in [0, 0.1) is 6.92 Å². The van der Waals surface area contributed by atoms with Gasteiger partial charge < -0.3 is 5.32 Å².